The SMILES string of the molecule is CC(=O)Nc1ccc(NS(C)(=O)=O)c(C(=O)Nc2ccc(CN3CCCC(C)C3)cc2)c1. The van der Waals surface area contributed by atoms with Crippen molar-refractivity contribution in [1.82, 2.24) is 4.90 Å². The Morgan fingerprint density at radius 1 is 1.06 bits per heavy atom. The van der Waals surface area contributed by atoms with Gasteiger partial charge in [0.15, 0.2) is 0 Å². The Balaban J connectivity index is 1.74. The highest BCUT2D eigenvalue weighted by atomic mass is 32.2. The van der Waals surface area contributed by atoms with Crippen molar-refractivity contribution < 1.29 is 18.0 Å². The summed E-state index contributed by atoms with van der Waals surface area (Å²) in [5.74, 6) is -0.0647. The smallest absolute Gasteiger partial charge is 0.257 e. The number of carbonyl (C=O) groups excluding carboxylic acids is 2. The number of hydrogen-bond acceptors (Lipinski definition) is 5. The molecule has 2 aromatic carbocycles. The molecule has 0 saturated carbocycles. The average Bonchev–Trinajstić information content (AvgIpc) is 2.69. The monoisotopic (exact) mass is 458 g/mol. The summed E-state index contributed by atoms with van der Waals surface area (Å²) in [4.78, 5) is 26.7. The lowest BCUT2D eigenvalue weighted by Gasteiger charge is -2.30. The second kappa shape index (κ2) is 10.1. The maximum absolute atomic E-state index is 12.9. The third kappa shape index (κ3) is 7.06. The molecule has 32 heavy (non-hydrogen) atoms. The van der Waals surface area contributed by atoms with Crippen LogP contribution < -0.4 is 15.4 Å². The van der Waals surface area contributed by atoms with Gasteiger partial charge in [0.05, 0.1) is 17.5 Å². The second-order valence-corrected chi connectivity index (χ2v) is 10.2. The third-order valence-corrected chi connectivity index (χ3v) is 5.83. The summed E-state index contributed by atoms with van der Waals surface area (Å²) in [6.45, 7) is 6.70. The van der Waals surface area contributed by atoms with Gasteiger partial charge in [-0.05, 0) is 61.2 Å². The van der Waals surface area contributed by atoms with Crippen molar-refractivity contribution in [3.63, 3.8) is 0 Å². The number of nitrogens with one attached hydrogen (secondary N) is 3. The summed E-state index contributed by atoms with van der Waals surface area (Å²) in [7, 11) is -3.59. The van der Waals surface area contributed by atoms with Crippen LogP contribution in [-0.4, -0.2) is 44.5 Å². The highest BCUT2D eigenvalue weighted by Crippen LogP contribution is 2.24. The molecule has 1 aliphatic rings. The van der Waals surface area contributed by atoms with Crippen LogP contribution in [-0.2, 0) is 21.4 Å². The van der Waals surface area contributed by atoms with Crippen molar-refractivity contribution in [2.75, 3.05) is 34.7 Å². The van der Waals surface area contributed by atoms with Crippen LogP contribution >= 0.6 is 0 Å². The molecular formula is C23H30N4O4S. The Bertz CT molecular complexity index is 1080. The molecule has 0 aliphatic carbocycles. The highest BCUT2D eigenvalue weighted by Gasteiger charge is 2.18. The van der Waals surface area contributed by atoms with E-state index in [1.807, 2.05) is 24.3 Å². The predicted molar refractivity (Wildman–Crippen MR) is 127 cm³/mol. The van der Waals surface area contributed by atoms with Gasteiger partial charge in [-0.2, -0.15) is 0 Å². The normalized spacial score (nSPS) is 16.9. The van der Waals surface area contributed by atoms with Crippen molar-refractivity contribution in [3.8, 4) is 0 Å². The molecule has 8 nitrogen and oxygen atoms in total. The molecular weight excluding hydrogens is 428 g/mol. The molecule has 0 aromatic heterocycles. The van der Waals surface area contributed by atoms with E-state index in [4.69, 9.17) is 0 Å². The zero-order valence-electron chi connectivity index (χ0n) is 18.6. The number of carbonyl (C=O) groups is 2. The van der Waals surface area contributed by atoms with E-state index < -0.39 is 15.9 Å². The molecule has 1 aliphatic heterocycles. The lowest BCUT2D eigenvalue weighted by atomic mass is 10.00. The van der Waals surface area contributed by atoms with E-state index in [1.165, 1.54) is 43.5 Å². The maximum atomic E-state index is 12.9. The van der Waals surface area contributed by atoms with E-state index in [0.29, 0.717) is 17.3 Å². The number of sulfonamides is 1. The van der Waals surface area contributed by atoms with Crippen molar-refractivity contribution in [2.45, 2.75) is 33.2 Å². The number of nitrogens with zero attached hydrogens (tertiary/aromatic N) is 1. The van der Waals surface area contributed by atoms with Crippen LogP contribution in [0.3, 0.4) is 0 Å². The third-order valence-electron chi connectivity index (χ3n) is 5.24. The second-order valence-electron chi connectivity index (χ2n) is 8.45. The van der Waals surface area contributed by atoms with Gasteiger partial charge in [0.25, 0.3) is 5.91 Å². The topological polar surface area (TPSA) is 108 Å². The largest absolute Gasteiger partial charge is 0.326 e. The van der Waals surface area contributed by atoms with Crippen LogP contribution in [0.4, 0.5) is 17.1 Å². The van der Waals surface area contributed by atoms with Crippen LogP contribution in [0.25, 0.3) is 0 Å². The molecule has 0 spiro atoms. The molecule has 1 heterocycles. The highest BCUT2D eigenvalue weighted by molar-refractivity contribution is 7.92. The van der Waals surface area contributed by atoms with Crippen LogP contribution in [0.5, 0.6) is 0 Å². The standard InChI is InChI=1S/C23H30N4O4S/c1-16-5-4-12-27(14-16)15-18-6-8-19(9-7-18)25-23(29)21-13-20(24-17(2)28)10-11-22(21)26-32(3,30)31/h6-11,13,16,26H,4-5,12,14-15H2,1-3H3,(H,24,28)(H,25,29). The van der Waals surface area contributed by atoms with Gasteiger partial charge in [-0.15, -0.1) is 0 Å². The minimum Gasteiger partial charge on any atom is -0.326 e. The van der Waals surface area contributed by atoms with Crippen molar-refractivity contribution in [1.29, 1.82) is 0 Å². The zero-order valence-corrected chi connectivity index (χ0v) is 19.5. The first-order valence-electron chi connectivity index (χ1n) is 10.6. The van der Waals surface area contributed by atoms with E-state index in [9.17, 15) is 18.0 Å². The Morgan fingerprint density at radius 2 is 1.75 bits per heavy atom. The van der Waals surface area contributed by atoms with Gasteiger partial charge in [-0.25, -0.2) is 8.42 Å². The first-order valence-corrected chi connectivity index (χ1v) is 12.5. The lowest BCUT2D eigenvalue weighted by molar-refractivity contribution is -0.114. The molecule has 0 radical (unpaired) electrons. The van der Waals surface area contributed by atoms with Gasteiger partial charge in [0.2, 0.25) is 15.9 Å². The molecule has 0 bridgehead atoms. The number of piperidine rings is 1. The number of benzene rings is 2. The van der Waals surface area contributed by atoms with Crippen molar-refractivity contribution in [2.24, 2.45) is 5.92 Å². The summed E-state index contributed by atoms with van der Waals surface area (Å²) in [5.41, 5.74) is 2.40. The molecule has 3 N–H and O–H groups in total. The summed E-state index contributed by atoms with van der Waals surface area (Å²) >= 11 is 0. The van der Waals surface area contributed by atoms with Gasteiger partial charge >= 0.3 is 0 Å². The first kappa shape index (κ1) is 23.7. The lowest BCUT2D eigenvalue weighted by Crippen LogP contribution is -2.33. The summed E-state index contributed by atoms with van der Waals surface area (Å²) < 4.78 is 25.8. The quantitative estimate of drug-likeness (QED) is 0.589. The van der Waals surface area contributed by atoms with Gasteiger partial charge in [0, 0.05) is 31.4 Å². The summed E-state index contributed by atoms with van der Waals surface area (Å²) in [6, 6.07) is 12.1. The van der Waals surface area contributed by atoms with E-state index in [0.717, 1.165) is 25.9 Å². The Labute approximate surface area is 189 Å². The van der Waals surface area contributed by atoms with Gasteiger partial charge in [-0.1, -0.05) is 19.1 Å². The molecule has 1 atom stereocenters. The van der Waals surface area contributed by atoms with E-state index in [-0.39, 0.29) is 17.2 Å². The van der Waals surface area contributed by atoms with Crippen LogP contribution in [0.2, 0.25) is 0 Å². The van der Waals surface area contributed by atoms with Crippen LogP contribution in [0.1, 0.15) is 42.6 Å². The fraction of sp³-hybridized carbons (Fsp3) is 0.391. The summed E-state index contributed by atoms with van der Waals surface area (Å²) in [5, 5.41) is 5.41. The molecule has 172 valence electrons. The maximum Gasteiger partial charge on any atom is 0.257 e. The van der Waals surface area contributed by atoms with E-state index >= 15 is 0 Å². The molecule has 3 rings (SSSR count). The molecule has 2 aromatic rings. The number of hydrogen-bond donors (Lipinski definition) is 3. The van der Waals surface area contributed by atoms with E-state index in [2.05, 4.69) is 27.2 Å². The average molecular weight is 459 g/mol. The van der Waals surface area contributed by atoms with Crippen LogP contribution in [0, 0.1) is 5.92 Å². The fourth-order valence-corrected chi connectivity index (χ4v) is 4.46. The number of anilines is 3. The molecule has 2 amide bonds. The Morgan fingerprint density at radius 3 is 2.38 bits per heavy atom. The number of amides is 2. The minimum absolute atomic E-state index is 0.105. The summed E-state index contributed by atoms with van der Waals surface area (Å²) in [6.07, 6.45) is 3.51. The Kier molecular flexibility index (Phi) is 7.52. The number of rotatable bonds is 7. The molecule has 1 unspecified atom stereocenters. The molecule has 9 heteroatoms. The van der Waals surface area contributed by atoms with Gasteiger partial charge in [-0.3, -0.25) is 19.2 Å². The molecule has 1 fully saturated rings. The van der Waals surface area contributed by atoms with Crippen molar-refractivity contribution >= 4 is 38.9 Å². The zero-order chi connectivity index (χ0) is 23.3. The Hall–Kier alpha value is -2.91. The van der Waals surface area contributed by atoms with Gasteiger partial charge in [0.1, 0.15) is 0 Å². The first-order chi connectivity index (χ1) is 15.1. The van der Waals surface area contributed by atoms with Gasteiger partial charge < -0.3 is 10.6 Å². The number of likely N-dealkylation sites (tertiary alicyclic amines) is 1. The van der Waals surface area contributed by atoms with Crippen LogP contribution in [0.15, 0.2) is 42.5 Å². The van der Waals surface area contributed by atoms with E-state index in [1.54, 1.807) is 0 Å². The predicted octanol–water partition coefficient (Wildman–Crippen LogP) is 3.50. The molecule has 1 saturated heterocycles. The van der Waals surface area contributed by atoms with Crippen molar-refractivity contribution in [3.05, 3.63) is 53.6 Å². The fourth-order valence-electron chi connectivity index (χ4n) is 3.88. The minimum atomic E-state index is -3.59.